The summed E-state index contributed by atoms with van der Waals surface area (Å²) in [6.07, 6.45) is 0. The van der Waals surface area contributed by atoms with Crippen molar-refractivity contribution >= 4 is 39.7 Å². The summed E-state index contributed by atoms with van der Waals surface area (Å²) in [4.78, 5) is 0. The molecule has 0 aliphatic rings. The molecule has 2 aromatic carbocycles. The molecule has 0 radical (unpaired) electrons. The number of methoxy groups -OCH3 is 1. The summed E-state index contributed by atoms with van der Waals surface area (Å²) in [5.41, 5.74) is 4.81. The van der Waals surface area contributed by atoms with E-state index in [1.54, 1.807) is 17.9 Å². The van der Waals surface area contributed by atoms with Gasteiger partial charge in [0.2, 0.25) is 4.77 Å². The second kappa shape index (κ2) is 8.93. The van der Waals surface area contributed by atoms with Gasteiger partial charge in [0.05, 0.1) is 23.1 Å². The van der Waals surface area contributed by atoms with Crippen LogP contribution in [0.1, 0.15) is 17.0 Å². The average molecular weight is 488 g/mol. The van der Waals surface area contributed by atoms with E-state index in [0.29, 0.717) is 33.4 Å². The van der Waals surface area contributed by atoms with Crippen LogP contribution in [0.2, 0.25) is 5.02 Å². The minimum atomic E-state index is -0.391. The summed E-state index contributed by atoms with van der Waals surface area (Å²) >= 11 is 14.8. The molecule has 1 aromatic heterocycles. The van der Waals surface area contributed by atoms with Gasteiger partial charge in [-0.05, 0) is 64.9 Å². The molecular formula is C18H17BrClFN4O2S. The first-order chi connectivity index (χ1) is 13.4. The third kappa shape index (κ3) is 4.65. The molecule has 3 rings (SSSR count). The van der Waals surface area contributed by atoms with E-state index in [2.05, 4.69) is 31.6 Å². The predicted molar refractivity (Wildman–Crippen MR) is 112 cm³/mol. The number of aryl methyl sites for hydroxylation is 1. The van der Waals surface area contributed by atoms with Crippen molar-refractivity contribution in [3.05, 3.63) is 67.4 Å². The van der Waals surface area contributed by atoms with Crippen LogP contribution in [0.5, 0.6) is 11.5 Å². The summed E-state index contributed by atoms with van der Waals surface area (Å²) < 4.78 is 27.4. The average Bonchev–Trinajstić information content (AvgIpc) is 2.97. The Kier molecular flexibility index (Phi) is 6.58. The van der Waals surface area contributed by atoms with Crippen LogP contribution in [0.4, 0.5) is 4.39 Å². The van der Waals surface area contributed by atoms with E-state index in [1.165, 1.54) is 12.1 Å². The maximum Gasteiger partial charge on any atom is 0.214 e. The molecule has 0 atom stereocenters. The lowest BCUT2D eigenvalue weighted by Crippen LogP contribution is -2.16. The first-order valence-electron chi connectivity index (χ1n) is 8.20. The molecule has 0 saturated heterocycles. The zero-order chi connectivity index (χ0) is 20.3. The van der Waals surface area contributed by atoms with Crippen LogP contribution in [-0.2, 0) is 13.2 Å². The Morgan fingerprint density at radius 1 is 1.36 bits per heavy atom. The van der Waals surface area contributed by atoms with E-state index >= 15 is 0 Å². The highest BCUT2D eigenvalue weighted by molar-refractivity contribution is 9.10. The van der Waals surface area contributed by atoms with Crippen LogP contribution in [-0.4, -0.2) is 22.0 Å². The van der Waals surface area contributed by atoms with Crippen molar-refractivity contribution in [1.82, 2.24) is 14.9 Å². The fourth-order valence-corrected chi connectivity index (χ4v) is 3.60. The Balaban J connectivity index is 1.76. The highest BCUT2D eigenvalue weighted by Gasteiger charge is 2.13. The second-order valence-corrected chi connectivity index (χ2v) is 7.53. The van der Waals surface area contributed by atoms with Crippen molar-refractivity contribution in [1.29, 1.82) is 0 Å². The van der Waals surface area contributed by atoms with Gasteiger partial charge in [-0.2, -0.15) is 5.10 Å². The van der Waals surface area contributed by atoms with Gasteiger partial charge in [-0.3, -0.25) is 5.10 Å². The summed E-state index contributed by atoms with van der Waals surface area (Å²) in [6.45, 7) is 2.51. The SMILES string of the molecule is COc1cc(CNn2c(C)n[nH]c2=S)cc(Br)c1OCc1ccc(F)cc1Cl. The molecule has 0 bridgehead atoms. The zero-order valence-corrected chi connectivity index (χ0v) is 18.2. The van der Waals surface area contributed by atoms with Crippen molar-refractivity contribution in [2.75, 3.05) is 12.5 Å². The number of aromatic amines is 1. The van der Waals surface area contributed by atoms with Crippen molar-refractivity contribution < 1.29 is 13.9 Å². The van der Waals surface area contributed by atoms with Gasteiger partial charge >= 0.3 is 0 Å². The maximum absolute atomic E-state index is 13.2. The number of hydrogen-bond acceptors (Lipinski definition) is 5. The first-order valence-corrected chi connectivity index (χ1v) is 9.78. The van der Waals surface area contributed by atoms with Crippen LogP contribution in [0, 0.1) is 17.5 Å². The van der Waals surface area contributed by atoms with Gasteiger partial charge in [0.1, 0.15) is 18.2 Å². The molecule has 0 fully saturated rings. The minimum absolute atomic E-state index is 0.176. The van der Waals surface area contributed by atoms with Crippen LogP contribution in [0.15, 0.2) is 34.8 Å². The van der Waals surface area contributed by atoms with Gasteiger partial charge in [0, 0.05) is 5.56 Å². The molecule has 28 heavy (non-hydrogen) atoms. The van der Waals surface area contributed by atoms with Crippen LogP contribution in [0.25, 0.3) is 0 Å². The molecule has 148 valence electrons. The third-order valence-corrected chi connectivity index (χ3v) is 5.17. The number of H-pyrrole nitrogens is 1. The van der Waals surface area contributed by atoms with Gasteiger partial charge in [-0.1, -0.05) is 17.7 Å². The molecule has 1 heterocycles. The minimum Gasteiger partial charge on any atom is -0.493 e. The summed E-state index contributed by atoms with van der Waals surface area (Å²) in [7, 11) is 1.56. The largest absolute Gasteiger partial charge is 0.493 e. The number of halogens is 3. The van der Waals surface area contributed by atoms with Gasteiger partial charge in [0.15, 0.2) is 11.5 Å². The Morgan fingerprint density at radius 3 is 2.79 bits per heavy atom. The monoisotopic (exact) mass is 486 g/mol. The number of hydrogen-bond donors (Lipinski definition) is 2. The second-order valence-electron chi connectivity index (χ2n) is 5.88. The number of nitrogens with one attached hydrogen (secondary N) is 2. The number of aromatic nitrogens is 3. The van der Waals surface area contributed by atoms with E-state index in [4.69, 9.17) is 33.3 Å². The van der Waals surface area contributed by atoms with Crippen molar-refractivity contribution in [3.63, 3.8) is 0 Å². The molecule has 0 spiro atoms. The topological polar surface area (TPSA) is 64.1 Å². The molecule has 2 N–H and O–H groups in total. The Bertz CT molecular complexity index is 1060. The first kappa shape index (κ1) is 20.6. The Labute approximate surface area is 179 Å². The van der Waals surface area contributed by atoms with Crippen molar-refractivity contribution in [3.8, 4) is 11.5 Å². The summed E-state index contributed by atoms with van der Waals surface area (Å²) in [6, 6.07) is 7.96. The Hall–Kier alpha value is -2.10. The molecule has 0 unspecified atom stereocenters. The number of benzene rings is 2. The summed E-state index contributed by atoms with van der Waals surface area (Å²) in [5, 5.41) is 7.08. The molecule has 10 heteroatoms. The zero-order valence-electron chi connectivity index (χ0n) is 15.1. The predicted octanol–water partition coefficient (Wildman–Crippen LogP) is 5.14. The van der Waals surface area contributed by atoms with Crippen LogP contribution < -0.4 is 14.9 Å². The maximum atomic E-state index is 13.2. The fraction of sp³-hybridized carbons (Fsp3) is 0.222. The molecule has 0 amide bonds. The third-order valence-electron chi connectivity index (χ3n) is 3.96. The van der Waals surface area contributed by atoms with Gasteiger partial charge < -0.3 is 14.9 Å². The van der Waals surface area contributed by atoms with E-state index in [9.17, 15) is 4.39 Å². The number of ether oxygens (including phenoxy) is 2. The van der Waals surface area contributed by atoms with E-state index in [1.807, 2.05) is 19.1 Å². The van der Waals surface area contributed by atoms with Crippen molar-refractivity contribution in [2.24, 2.45) is 0 Å². The lowest BCUT2D eigenvalue weighted by Gasteiger charge is -2.16. The molecule has 0 aliphatic heterocycles. The fourth-order valence-electron chi connectivity index (χ4n) is 2.54. The highest BCUT2D eigenvalue weighted by Crippen LogP contribution is 2.37. The van der Waals surface area contributed by atoms with E-state index in [-0.39, 0.29) is 6.61 Å². The van der Waals surface area contributed by atoms with Crippen LogP contribution in [0.3, 0.4) is 0 Å². The van der Waals surface area contributed by atoms with E-state index < -0.39 is 5.82 Å². The van der Waals surface area contributed by atoms with Crippen LogP contribution >= 0.6 is 39.7 Å². The smallest absolute Gasteiger partial charge is 0.214 e. The molecule has 6 nitrogen and oxygen atoms in total. The van der Waals surface area contributed by atoms with Crippen molar-refractivity contribution in [2.45, 2.75) is 20.1 Å². The quantitative estimate of drug-likeness (QED) is 0.452. The lowest BCUT2D eigenvalue weighted by molar-refractivity contribution is 0.282. The van der Waals surface area contributed by atoms with Gasteiger partial charge in [0.25, 0.3) is 0 Å². The lowest BCUT2D eigenvalue weighted by atomic mass is 10.2. The van der Waals surface area contributed by atoms with E-state index in [0.717, 1.165) is 15.9 Å². The molecule has 3 aromatic rings. The molecule has 0 saturated carbocycles. The highest BCUT2D eigenvalue weighted by atomic mass is 79.9. The van der Waals surface area contributed by atoms with Gasteiger partial charge in [-0.25, -0.2) is 9.07 Å². The normalized spacial score (nSPS) is 10.8. The molecule has 0 aliphatic carbocycles. The number of rotatable bonds is 7. The number of nitrogens with zero attached hydrogens (tertiary/aromatic N) is 2. The Morgan fingerprint density at radius 2 is 2.14 bits per heavy atom. The summed E-state index contributed by atoms with van der Waals surface area (Å²) in [5.74, 6) is 1.42. The van der Waals surface area contributed by atoms with Gasteiger partial charge in [-0.15, -0.1) is 0 Å². The molecular weight excluding hydrogens is 471 g/mol. The standard InChI is InChI=1S/C18H17BrClFN4O2S/c1-10-23-24-18(28)25(10)22-8-11-5-14(19)17(16(6-11)26-2)27-9-12-3-4-13(21)7-15(12)20/h3-7,22H,8-9H2,1-2H3,(H,24,28).